The number of rotatable bonds is 38. The topological polar surface area (TPSA) is 583 Å². The summed E-state index contributed by atoms with van der Waals surface area (Å²) in [4.78, 5) is 65.0. The molecule has 7 heterocycles. The number of unbranched alkanes of at least 4 members (excludes halogenated alkanes) is 6. The standard InChI is InChI=1S/C57H94N12O27/c1-28(20-68-27-64-37-50(58)62-26-63-51(37)68)90-57(87)61-19-29-21-69(67-66-29)16-10-11-36(75)65-30(52(86)60-15-7-3-5-9-18-89-54-47(85)43(81)49(34(25-73)94-54)96-56-45(83)41(79)39(77)32(23-71)92-56)12-13-35(74)59-14-6-2-4-8-17-88-53-46(84)42(80)48(33(24-72)93-53)95-55-44(82)40(78)38(76)31(22-70)91-55/h21,26-28,30-34,38-49,53-56,70-73,76-85H,2-20,22-25H2,1H3,(H,59,74)(H,60,86)(H,61,87)(H,65,75)(H2,58,62,63)/t28-,30?,31?,32?,33?,34?,38+,39+,40+,41+,42-,43-,44?,45?,46?,47?,48-,49-,53-,54-,55+,56+/m1/s1. The van der Waals surface area contributed by atoms with E-state index in [0.717, 1.165) is 0 Å². The predicted molar refractivity (Wildman–Crippen MR) is 321 cm³/mol. The summed E-state index contributed by atoms with van der Waals surface area (Å²) >= 11 is 0. The molecule has 22 atom stereocenters. The van der Waals surface area contributed by atoms with Crippen molar-refractivity contribution in [1.82, 2.24) is 55.8 Å². The zero-order chi connectivity index (χ0) is 69.6. The van der Waals surface area contributed by atoms with Crippen molar-refractivity contribution in [2.24, 2.45) is 0 Å². The van der Waals surface area contributed by atoms with Gasteiger partial charge in [0.05, 0.1) is 52.0 Å². The number of anilines is 1. The predicted octanol–water partition coefficient (Wildman–Crippen LogP) is -8.01. The van der Waals surface area contributed by atoms with Gasteiger partial charge in [-0.25, -0.2) is 19.7 Å². The molecule has 3 aromatic rings. The first-order valence-corrected chi connectivity index (χ1v) is 32.1. The minimum absolute atomic E-state index is 0.00911. The summed E-state index contributed by atoms with van der Waals surface area (Å²) in [6.45, 7) is -0.159. The number of carbonyl (C=O) groups is 4. The van der Waals surface area contributed by atoms with E-state index in [1.165, 1.54) is 17.3 Å². The number of nitrogen functional groups attached to an aromatic ring is 1. The van der Waals surface area contributed by atoms with E-state index in [0.29, 0.717) is 68.2 Å². The molecule has 39 nitrogen and oxygen atoms in total. The van der Waals surface area contributed by atoms with Crippen LogP contribution in [0, 0.1) is 0 Å². The molecule has 0 radical (unpaired) electrons. The van der Waals surface area contributed by atoms with Crippen LogP contribution in [0.3, 0.4) is 0 Å². The van der Waals surface area contributed by atoms with Crippen molar-refractivity contribution < 1.29 is 133 Å². The van der Waals surface area contributed by atoms with Crippen molar-refractivity contribution in [2.75, 3.05) is 58.5 Å². The molecular weight excluding hydrogens is 1280 g/mol. The number of aliphatic hydroxyl groups is 14. The van der Waals surface area contributed by atoms with E-state index >= 15 is 0 Å². The first kappa shape index (κ1) is 77.6. The number of aromatic nitrogens is 7. The van der Waals surface area contributed by atoms with Crippen LogP contribution < -0.4 is 27.0 Å². The Morgan fingerprint density at radius 1 is 0.583 bits per heavy atom. The number of fused-ring (bicyclic) bond motifs is 1. The number of aryl methyl sites for hydroxylation is 1. The van der Waals surface area contributed by atoms with Crippen molar-refractivity contribution in [3.63, 3.8) is 0 Å². The van der Waals surface area contributed by atoms with Crippen LogP contribution >= 0.6 is 0 Å². The fraction of sp³-hybridized carbons (Fsp3) is 0.807. The Bertz CT molecular complexity index is 2830. The average molecular weight is 1380 g/mol. The molecule has 4 fully saturated rings. The molecule has 0 aromatic carbocycles. The Morgan fingerprint density at radius 3 is 1.66 bits per heavy atom. The van der Waals surface area contributed by atoms with E-state index in [9.17, 15) is 90.7 Å². The minimum Gasteiger partial charge on any atom is -0.445 e. The lowest BCUT2D eigenvalue weighted by Crippen LogP contribution is -2.64. The van der Waals surface area contributed by atoms with Gasteiger partial charge >= 0.3 is 6.09 Å². The molecule has 7 rings (SSSR count). The van der Waals surface area contributed by atoms with Crippen LogP contribution in [0.2, 0.25) is 0 Å². The Hall–Kier alpha value is -5.71. The van der Waals surface area contributed by atoms with Crippen LogP contribution in [-0.2, 0) is 76.6 Å². The monoisotopic (exact) mass is 1380 g/mol. The smallest absolute Gasteiger partial charge is 0.407 e. The van der Waals surface area contributed by atoms with Crippen LogP contribution in [0.15, 0.2) is 18.9 Å². The molecule has 20 N–H and O–H groups in total. The highest BCUT2D eigenvalue weighted by molar-refractivity contribution is 5.88. The Balaban J connectivity index is 0.806. The second-order valence-electron chi connectivity index (χ2n) is 23.9. The maximum Gasteiger partial charge on any atom is 0.407 e. The number of hydrogen-bond acceptors (Lipinski definition) is 33. The summed E-state index contributed by atoms with van der Waals surface area (Å²) in [5, 5.41) is 163. The summed E-state index contributed by atoms with van der Waals surface area (Å²) in [7, 11) is 0. The summed E-state index contributed by atoms with van der Waals surface area (Å²) in [6.07, 6.45) is -24.1. The third-order valence-corrected chi connectivity index (χ3v) is 16.5. The van der Waals surface area contributed by atoms with Crippen LogP contribution in [0.1, 0.15) is 89.7 Å². The van der Waals surface area contributed by atoms with Crippen molar-refractivity contribution in [3.05, 3.63) is 24.5 Å². The molecule has 4 aliphatic heterocycles. The first-order valence-electron chi connectivity index (χ1n) is 32.1. The largest absolute Gasteiger partial charge is 0.445 e. The maximum absolute atomic E-state index is 13.6. The normalized spacial score (nSPS) is 31.5. The van der Waals surface area contributed by atoms with Crippen molar-refractivity contribution >= 4 is 40.8 Å². The molecule has 4 amide bonds. The second kappa shape index (κ2) is 38.6. The van der Waals surface area contributed by atoms with E-state index in [1.807, 2.05) is 0 Å². The summed E-state index contributed by atoms with van der Waals surface area (Å²) < 4.78 is 53.2. The number of alkyl carbamates (subject to hydrolysis) is 1. The number of aliphatic hydroxyl groups excluding tert-OH is 14. The van der Waals surface area contributed by atoms with E-state index in [4.69, 9.17) is 48.4 Å². The van der Waals surface area contributed by atoms with E-state index in [1.54, 1.807) is 17.7 Å². The third-order valence-electron chi connectivity index (χ3n) is 16.5. The van der Waals surface area contributed by atoms with Gasteiger partial charge in [0.25, 0.3) is 0 Å². The van der Waals surface area contributed by atoms with Crippen molar-refractivity contribution in [1.29, 1.82) is 0 Å². The van der Waals surface area contributed by atoms with Gasteiger partial charge in [-0.2, -0.15) is 0 Å². The van der Waals surface area contributed by atoms with Gasteiger partial charge in [0.2, 0.25) is 17.7 Å². The number of nitrogens with one attached hydrogen (secondary N) is 4. The van der Waals surface area contributed by atoms with Gasteiger partial charge in [-0.3, -0.25) is 19.1 Å². The number of hydrogen-bond donors (Lipinski definition) is 19. The fourth-order valence-electron chi connectivity index (χ4n) is 11.1. The molecule has 0 spiro atoms. The first-order chi connectivity index (χ1) is 46.1. The molecule has 4 saturated heterocycles. The van der Waals surface area contributed by atoms with Gasteiger partial charge in [0, 0.05) is 45.7 Å². The molecular formula is C57H94N12O27. The van der Waals surface area contributed by atoms with Gasteiger partial charge in [0.15, 0.2) is 36.6 Å². The van der Waals surface area contributed by atoms with Gasteiger partial charge in [-0.05, 0) is 45.4 Å². The second-order valence-corrected chi connectivity index (χ2v) is 23.9. The summed E-state index contributed by atoms with van der Waals surface area (Å²) in [6, 6.07) is -1.10. The lowest BCUT2D eigenvalue weighted by atomic mass is 9.97. The van der Waals surface area contributed by atoms with Crippen molar-refractivity contribution in [2.45, 2.75) is 239 Å². The molecule has 544 valence electrons. The van der Waals surface area contributed by atoms with Crippen LogP contribution in [0.5, 0.6) is 0 Å². The SMILES string of the molecule is C[C@H](Cn1cnc2c(N)ncnc21)OC(=O)NCc1cn(CCCC(=O)NC(CCC(=O)NCCCCCCO[C@@H]2OC(CO)[C@@H](O[C@@H]3OC(CO)[C@H](O)[C@H](O)C3O)[C@H](O)C2O)C(=O)NCCCCCCO[C@@H]2OC(CO)[C@@H](O[C@@H]3OC(CO)[C@H](O)[C@H](O)C3O)[C@H](O)C2O)nn1. The highest BCUT2D eigenvalue weighted by Gasteiger charge is 2.53. The van der Waals surface area contributed by atoms with E-state index in [2.05, 4.69) is 46.5 Å². The van der Waals surface area contributed by atoms with E-state index < -0.39 is 179 Å². The summed E-state index contributed by atoms with van der Waals surface area (Å²) in [5.41, 5.74) is 7.19. The Morgan fingerprint density at radius 2 is 1.10 bits per heavy atom. The number of imidazole rings is 1. The van der Waals surface area contributed by atoms with Gasteiger partial charge in [-0.15, -0.1) is 5.10 Å². The molecule has 4 aliphatic rings. The molecule has 0 saturated carbocycles. The van der Waals surface area contributed by atoms with Gasteiger partial charge < -0.3 is 146 Å². The molecule has 3 aromatic heterocycles. The molecule has 0 bridgehead atoms. The molecule has 39 heteroatoms. The lowest BCUT2D eigenvalue weighted by Gasteiger charge is -2.45. The van der Waals surface area contributed by atoms with Crippen LogP contribution in [-0.4, -0.2) is 318 Å². The highest BCUT2D eigenvalue weighted by Crippen LogP contribution is 2.32. The van der Waals surface area contributed by atoms with E-state index in [-0.39, 0.29) is 83.3 Å². The van der Waals surface area contributed by atoms with Crippen LogP contribution in [0.4, 0.5) is 10.6 Å². The molecule has 0 aliphatic carbocycles. The quantitative estimate of drug-likeness (QED) is 0.0237. The number of nitrogens with zero attached hydrogens (tertiary/aromatic N) is 7. The molecule has 9 unspecified atom stereocenters. The number of ether oxygens (including phenoxy) is 9. The zero-order valence-electron chi connectivity index (χ0n) is 53.0. The highest BCUT2D eigenvalue weighted by atomic mass is 16.8. The Kier molecular flexibility index (Phi) is 31.2. The average Bonchev–Trinajstić information content (AvgIpc) is 1.06. The van der Waals surface area contributed by atoms with Crippen LogP contribution in [0.25, 0.3) is 11.2 Å². The van der Waals surface area contributed by atoms with Gasteiger partial charge in [-0.1, -0.05) is 30.9 Å². The number of carbonyl (C=O) groups excluding carboxylic acids is 4. The number of nitrogens with two attached hydrogens (primary N) is 1. The lowest BCUT2D eigenvalue weighted by molar-refractivity contribution is -0.359. The minimum atomic E-state index is -1.82. The maximum atomic E-state index is 13.6. The number of amides is 4. The molecule has 96 heavy (non-hydrogen) atoms. The van der Waals surface area contributed by atoms with Crippen molar-refractivity contribution in [3.8, 4) is 0 Å². The van der Waals surface area contributed by atoms with Gasteiger partial charge in [0.1, 0.15) is 127 Å². The zero-order valence-corrected chi connectivity index (χ0v) is 53.0. The third kappa shape index (κ3) is 21.6. The fourth-order valence-corrected chi connectivity index (χ4v) is 11.1. The summed E-state index contributed by atoms with van der Waals surface area (Å²) in [5.74, 6) is -1.15. The Labute approximate surface area is 550 Å².